The van der Waals surface area contributed by atoms with Crippen molar-refractivity contribution in [1.82, 2.24) is 24.3 Å². The first-order chi connectivity index (χ1) is 15.7. The van der Waals surface area contributed by atoms with Crippen LogP contribution in [0.5, 0.6) is 11.6 Å². The second-order valence-corrected chi connectivity index (χ2v) is 14.6. The number of hydrogen-bond acceptors (Lipinski definition) is 7. The van der Waals surface area contributed by atoms with Gasteiger partial charge in [-0.05, 0) is 18.2 Å². The summed E-state index contributed by atoms with van der Waals surface area (Å²) in [7, 11) is 0.666. The molecule has 11 heteroatoms. The zero-order valence-electron chi connectivity index (χ0n) is 19.1. The van der Waals surface area contributed by atoms with Gasteiger partial charge in [0.1, 0.15) is 18.0 Å². The smallest absolute Gasteiger partial charge is 0.273 e. The molecule has 172 valence electrons. The maximum absolute atomic E-state index is 11.0. The Morgan fingerprint density at radius 3 is 2.70 bits per heavy atom. The van der Waals surface area contributed by atoms with Crippen molar-refractivity contribution in [3.63, 3.8) is 0 Å². The minimum atomic E-state index is -1.20. The number of ether oxygens (including phenoxy) is 2. The quantitative estimate of drug-likeness (QED) is 0.150. The van der Waals surface area contributed by atoms with Gasteiger partial charge in [-0.1, -0.05) is 25.7 Å². The first-order valence-corrected chi connectivity index (χ1v) is 14.3. The SMILES string of the molecule is Cn1cc(-c2cc3nc(Oc4cccc([N+](=O)[O-])c4)cnc3n2COCC[Si](C)(C)C)cn1. The fraction of sp³-hybridized carbons (Fsp3) is 0.318. The minimum Gasteiger partial charge on any atom is -0.437 e. The van der Waals surface area contributed by atoms with Gasteiger partial charge in [0.2, 0.25) is 5.88 Å². The lowest BCUT2D eigenvalue weighted by atomic mass is 10.2. The monoisotopic (exact) mass is 466 g/mol. The number of nitro benzene ring substituents is 1. The summed E-state index contributed by atoms with van der Waals surface area (Å²) in [4.78, 5) is 19.7. The molecule has 0 radical (unpaired) electrons. The lowest BCUT2D eigenvalue weighted by Gasteiger charge is -2.16. The minimum absolute atomic E-state index is 0.0537. The van der Waals surface area contributed by atoms with Gasteiger partial charge in [-0.25, -0.2) is 9.97 Å². The zero-order valence-corrected chi connectivity index (χ0v) is 20.1. The van der Waals surface area contributed by atoms with Crippen LogP contribution >= 0.6 is 0 Å². The molecule has 0 atom stereocenters. The van der Waals surface area contributed by atoms with Gasteiger partial charge < -0.3 is 9.47 Å². The molecule has 0 saturated heterocycles. The highest BCUT2D eigenvalue weighted by Crippen LogP contribution is 2.29. The second kappa shape index (κ2) is 9.12. The van der Waals surface area contributed by atoms with E-state index in [1.54, 1.807) is 23.0 Å². The number of aromatic nitrogens is 5. The van der Waals surface area contributed by atoms with E-state index in [2.05, 4.69) is 34.7 Å². The van der Waals surface area contributed by atoms with E-state index >= 15 is 0 Å². The third-order valence-corrected chi connectivity index (χ3v) is 6.75. The van der Waals surface area contributed by atoms with Crippen LogP contribution in [0.4, 0.5) is 5.69 Å². The van der Waals surface area contributed by atoms with Crippen LogP contribution in [0.25, 0.3) is 22.4 Å². The van der Waals surface area contributed by atoms with Gasteiger partial charge in [-0.3, -0.25) is 19.4 Å². The highest BCUT2D eigenvalue weighted by molar-refractivity contribution is 6.76. The summed E-state index contributed by atoms with van der Waals surface area (Å²) >= 11 is 0. The van der Waals surface area contributed by atoms with E-state index in [1.807, 2.05) is 23.9 Å². The topological polar surface area (TPSA) is 110 Å². The number of fused-ring (bicyclic) bond motifs is 1. The molecule has 0 aliphatic rings. The summed E-state index contributed by atoms with van der Waals surface area (Å²) in [6.45, 7) is 7.98. The van der Waals surface area contributed by atoms with E-state index in [0.29, 0.717) is 30.3 Å². The number of nitro groups is 1. The molecule has 10 nitrogen and oxygen atoms in total. The Balaban J connectivity index is 1.64. The number of hydrogen-bond donors (Lipinski definition) is 0. The molecule has 0 bridgehead atoms. The van der Waals surface area contributed by atoms with E-state index < -0.39 is 13.0 Å². The second-order valence-electron chi connectivity index (χ2n) is 8.98. The van der Waals surface area contributed by atoms with Gasteiger partial charge in [0.15, 0.2) is 5.65 Å². The molecule has 0 fully saturated rings. The van der Waals surface area contributed by atoms with Crippen LogP contribution in [0.15, 0.2) is 48.9 Å². The fourth-order valence-electron chi connectivity index (χ4n) is 3.29. The van der Waals surface area contributed by atoms with Crippen LogP contribution in [0, 0.1) is 10.1 Å². The van der Waals surface area contributed by atoms with E-state index in [0.717, 1.165) is 17.3 Å². The maximum atomic E-state index is 11.0. The molecule has 0 N–H and O–H groups in total. The Morgan fingerprint density at radius 1 is 1.18 bits per heavy atom. The molecule has 4 aromatic rings. The predicted octanol–water partition coefficient (Wildman–Crippen LogP) is 4.84. The Morgan fingerprint density at radius 2 is 2.00 bits per heavy atom. The number of benzene rings is 1. The van der Waals surface area contributed by atoms with Gasteiger partial charge in [0.25, 0.3) is 5.69 Å². The molecule has 0 spiro atoms. The standard InChI is InChI=1S/C22H26N6O4Si/c1-26-14-16(12-24-26)20-11-19-22(27(20)15-31-8-9-33(2,3)4)23-13-21(25-19)32-18-7-5-6-17(10-18)28(29)30/h5-7,10-14H,8-9,15H2,1-4H3. The summed E-state index contributed by atoms with van der Waals surface area (Å²) in [5, 5.41) is 15.3. The third kappa shape index (κ3) is 5.44. The molecule has 3 aromatic heterocycles. The van der Waals surface area contributed by atoms with E-state index in [4.69, 9.17) is 9.47 Å². The summed E-state index contributed by atoms with van der Waals surface area (Å²) in [6.07, 6.45) is 5.22. The molecular formula is C22H26N6O4Si. The molecule has 1 aromatic carbocycles. The van der Waals surface area contributed by atoms with Crippen LogP contribution in [0.2, 0.25) is 25.7 Å². The van der Waals surface area contributed by atoms with Crippen molar-refractivity contribution in [3.8, 4) is 22.9 Å². The van der Waals surface area contributed by atoms with E-state index in [-0.39, 0.29) is 11.6 Å². The average molecular weight is 467 g/mol. The number of non-ortho nitro benzene ring substituents is 1. The normalized spacial score (nSPS) is 11.8. The van der Waals surface area contributed by atoms with Crippen LogP contribution in [-0.4, -0.2) is 43.9 Å². The molecule has 0 aliphatic carbocycles. The van der Waals surface area contributed by atoms with E-state index in [1.165, 1.54) is 18.3 Å². The lowest BCUT2D eigenvalue weighted by molar-refractivity contribution is -0.384. The predicted molar refractivity (Wildman–Crippen MR) is 127 cm³/mol. The Kier molecular flexibility index (Phi) is 6.25. The molecule has 0 aliphatic heterocycles. The number of rotatable bonds is 9. The highest BCUT2D eigenvalue weighted by atomic mass is 28.3. The Hall–Kier alpha value is -3.57. The Bertz CT molecular complexity index is 1290. The Labute approximate surface area is 192 Å². The van der Waals surface area contributed by atoms with Gasteiger partial charge in [-0.2, -0.15) is 5.10 Å². The zero-order chi connectivity index (χ0) is 23.6. The highest BCUT2D eigenvalue weighted by Gasteiger charge is 2.17. The van der Waals surface area contributed by atoms with Gasteiger partial charge in [-0.15, -0.1) is 0 Å². The van der Waals surface area contributed by atoms with Crippen molar-refractivity contribution >= 4 is 24.9 Å². The molecular weight excluding hydrogens is 440 g/mol. The van der Waals surface area contributed by atoms with Crippen molar-refractivity contribution in [2.45, 2.75) is 32.4 Å². The summed E-state index contributed by atoms with van der Waals surface area (Å²) in [5.41, 5.74) is 3.05. The summed E-state index contributed by atoms with van der Waals surface area (Å²) in [5.74, 6) is 0.567. The maximum Gasteiger partial charge on any atom is 0.273 e. The molecule has 33 heavy (non-hydrogen) atoms. The third-order valence-electron chi connectivity index (χ3n) is 5.05. The van der Waals surface area contributed by atoms with Crippen LogP contribution in [-0.2, 0) is 18.5 Å². The molecule has 0 saturated carbocycles. The first kappa shape index (κ1) is 22.6. The van der Waals surface area contributed by atoms with Gasteiger partial charge in [0, 0.05) is 39.6 Å². The van der Waals surface area contributed by atoms with Crippen molar-refractivity contribution < 1.29 is 14.4 Å². The van der Waals surface area contributed by atoms with Crippen molar-refractivity contribution in [2.24, 2.45) is 7.05 Å². The lowest BCUT2D eigenvalue weighted by Crippen LogP contribution is -2.22. The summed E-state index contributed by atoms with van der Waals surface area (Å²) < 4.78 is 15.5. The van der Waals surface area contributed by atoms with Crippen LogP contribution < -0.4 is 4.74 Å². The van der Waals surface area contributed by atoms with Gasteiger partial charge in [0.05, 0.1) is 29.1 Å². The van der Waals surface area contributed by atoms with Gasteiger partial charge >= 0.3 is 0 Å². The molecule has 3 heterocycles. The van der Waals surface area contributed by atoms with Crippen molar-refractivity contribution in [2.75, 3.05) is 6.61 Å². The first-order valence-electron chi connectivity index (χ1n) is 10.5. The molecule has 4 rings (SSSR count). The number of nitrogens with zero attached hydrogens (tertiary/aromatic N) is 6. The fourth-order valence-corrected chi connectivity index (χ4v) is 4.05. The van der Waals surface area contributed by atoms with Crippen LogP contribution in [0.3, 0.4) is 0 Å². The number of aryl methyl sites for hydroxylation is 1. The van der Waals surface area contributed by atoms with Crippen LogP contribution in [0.1, 0.15) is 0 Å². The molecule has 0 unspecified atom stereocenters. The molecule has 0 amide bonds. The van der Waals surface area contributed by atoms with E-state index in [9.17, 15) is 10.1 Å². The van der Waals surface area contributed by atoms with Crippen molar-refractivity contribution in [1.29, 1.82) is 0 Å². The summed E-state index contributed by atoms with van der Waals surface area (Å²) in [6, 6.07) is 8.95. The van der Waals surface area contributed by atoms with Crippen molar-refractivity contribution in [3.05, 3.63) is 59.0 Å². The average Bonchev–Trinajstić information content (AvgIpc) is 3.33. The largest absolute Gasteiger partial charge is 0.437 e.